The highest BCUT2D eigenvalue weighted by Crippen LogP contribution is 2.37. The largest absolute Gasteiger partial charge is 0.338 e. The van der Waals surface area contributed by atoms with Gasteiger partial charge in [-0.1, -0.05) is 48.5 Å². The first-order valence-electron chi connectivity index (χ1n) is 9.02. The van der Waals surface area contributed by atoms with Crippen LogP contribution < -0.4 is 10.6 Å². The number of hydrogen-bond donors (Lipinski definition) is 3. The number of fused-ring (bicyclic) bond motifs is 1. The van der Waals surface area contributed by atoms with Gasteiger partial charge in [0.25, 0.3) is 0 Å². The normalized spacial score (nSPS) is 16.7. The van der Waals surface area contributed by atoms with Crippen LogP contribution in [0.2, 0.25) is 0 Å². The van der Waals surface area contributed by atoms with Crippen molar-refractivity contribution in [1.82, 2.24) is 25.6 Å². The van der Waals surface area contributed by atoms with Crippen molar-refractivity contribution in [3.05, 3.63) is 96.1 Å². The second-order valence-corrected chi connectivity index (χ2v) is 6.58. The predicted molar refractivity (Wildman–Crippen MR) is 108 cm³/mol. The summed E-state index contributed by atoms with van der Waals surface area (Å²) in [6.07, 6.45) is 3.48. The number of pyridine rings is 1. The molecular weight excluding hydrogens is 350 g/mol. The van der Waals surface area contributed by atoms with Gasteiger partial charge < -0.3 is 15.6 Å². The average Bonchev–Trinajstić information content (AvgIpc) is 3.18. The van der Waals surface area contributed by atoms with Crippen LogP contribution in [-0.4, -0.2) is 21.0 Å². The second-order valence-electron chi connectivity index (χ2n) is 6.58. The molecule has 0 radical (unpaired) electrons. The van der Waals surface area contributed by atoms with Crippen molar-refractivity contribution in [2.75, 3.05) is 0 Å². The molecule has 1 atom stereocenters. The van der Waals surface area contributed by atoms with Gasteiger partial charge in [0, 0.05) is 18.0 Å². The number of urea groups is 1. The highest BCUT2D eigenvalue weighted by Gasteiger charge is 2.31. The summed E-state index contributed by atoms with van der Waals surface area (Å²) in [7, 11) is 0. The number of nitrogens with zero attached hydrogens (tertiary/aromatic N) is 2. The number of aromatic amines is 1. The summed E-state index contributed by atoms with van der Waals surface area (Å²) in [4.78, 5) is 24.9. The Morgan fingerprint density at radius 2 is 1.71 bits per heavy atom. The first-order valence-corrected chi connectivity index (χ1v) is 9.02. The summed E-state index contributed by atoms with van der Waals surface area (Å²) in [5, 5.41) is 5.99. The molecule has 0 aliphatic carbocycles. The van der Waals surface area contributed by atoms with Gasteiger partial charge in [0.15, 0.2) is 0 Å². The fourth-order valence-corrected chi connectivity index (χ4v) is 3.53. The van der Waals surface area contributed by atoms with Crippen LogP contribution in [0, 0.1) is 0 Å². The fourth-order valence-electron chi connectivity index (χ4n) is 3.53. The zero-order valence-electron chi connectivity index (χ0n) is 14.9. The van der Waals surface area contributed by atoms with Crippen molar-refractivity contribution in [1.29, 1.82) is 0 Å². The minimum Gasteiger partial charge on any atom is -0.338 e. The van der Waals surface area contributed by atoms with E-state index in [0.29, 0.717) is 5.82 Å². The van der Waals surface area contributed by atoms with Gasteiger partial charge in [-0.25, -0.2) is 9.78 Å². The van der Waals surface area contributed by atoms with Gasteiger partial charge in [0.1, 0.15) is 5.82 Å². The molecule has 2 amide bonds. The van der Waals surface area contributed by atoms with Crippen LogP contribution in [0.5, 0.6) is 0 Å². The minimum absolute atomic E-state index is 0.257. The molecule has 0 fully saturated rings. The molecule has 3 heterocycles. The van der Waals surface area contributed by atoms with E-state index >= 15 is 0 Å². The van der Waals surface area contributed by atoms with Gasteiger partial charge in [0.05, 0.1) is 22.8 Å². The van der Waals surface area contributed by atoms with Gasteiger partial charge >= 0.3 is 6.03 Å². The molecule has 6 nitrogen and oxygen atoms in total. The van der Waals surface area contributed by atoms with Crippen LogP contribution in [0.25, 0.3) is 22.3 Å². The van der Waals surface area contributed by atoms with Crippen molar-refractivity contribution < 1.29 is 4.79 Å². The van der Waals surface area contributed by atoms with E-state index in [9.17, 15) is 4.79 Å². The van der Waals surface area contributed by atoms with Crippen LogP contribution in [-0.2, 0) is 0 Å². The Labute approximate surface area is 161 Å². The maximum atomic E-state index is 12.5. The monoisotopic (exact) mass is 367 g/mol. The SMILES string of the molecule is O=C1NC(c2ccccc2)=C(c2nc3ccccc3[nH]2)[C@H](c2cccnc2)N1. The summed E-state index contributed by atoms with van der Waals surface area (Å²) < 4.78 is 0. The van der Waals surface area contributed by atoms with Crippen molar-refractivity contribution >= 4 is 28.3 Å². The van der Waals surface area contributed by atoms with Crippen LogP contribution in [0.4, 0.5) is 4.79 Å². The highest BCUT2D eigenvalue weighted by atomic mass is 16.2. The number of H-pyrrole nitrogens is 1. The van der Waals surface area contributed by atoms with Crippen molar-refractivity contribution in [2.45, 2.75) is 6.04 Å². The van der Waals surface area contributed by atoms with Crippen molar-refractivity contribution in [3.8, 4) is 0 Å². The number of aromatic nitrogens is 3. The Balaban J connectivity index is 1.78. The molecule has 2 aromatic heterocycles. The van der Waals surface area contributed by atoms with E-state index in [1.807, 2.05) is 66.7 Å². The van der Waals surface area contributed by atoms with E-state index in [0.717, 1.165) is 33.4 Å². The molecule has 5 rings (SSSR count). The molecule has 0 bridgehead atoms. The second kappa shape index (κ2) is 6.66. The predicted octanol–water partition coefficient (Wildman–Crippen LogP) is 3.88. The van der Waals surface area contributed by atoms with Crippen LogP contribution >= 0.6 is 0 Å². The van der Waals surface area contributed by atoms with Crippen LogP contribution in [0.3, 0.4) is 0 Å². The maximum Gasteiger partial charge on any atom is 0.320 e. The molecule has 0 saturated heterocycles. The summed E-state index contributed by atoms with van der Waals surface area (Å²) in [6, 6.07) is 20.9. The molecule has 1 aliphatic rings. The number of hydrogen-bond acceptors (Lipinski definition) is 3. The smallest absolute Gasteiger partial charge is 0.320 e. The summed E-state index contributed by atoms with van der Waals surface area (Å²) in [5.74, 6) is 0.710. The maximum absolute atomic E-state index is 12.5. The topological polar surface area (TPSA) is 82.7 Å². The van der Waals surface area contributed by atoms with Gasteiger partial charge in [-0.15, -0.1) is 0 Å². The number of nitrogens with one attached hydrogen (secondary N) is 3. The average molecular weight is 367 g/mol. The molecule has 3 N–H and O–H groups in total. The highest BCUT2D eigenvalue weighted by molar-refractivity contribution is 6.02. The van der Waals surface area contributed by atoms with E-state index in [4.69, 9.17) is 4.98 Å². The van der Waals surface area contributed by atoms with E-state index in [-0.39, 0.29) is 12.1 Å². The lowest BCUT2D eigenvalue weighted by Gasteiger charge is -2.29. The van der Waals surface area contributed by atoms with E-state index < -0.39 is 0 Å². The van der Waals surface area contributed by atoms with E-state index in [1.54, 1.807) is 12.4 Å². The van der Waals surface area contributed by atoms with Gasteiger partial charge in [-0.3, -0.25) is 4.98 Å². The molecule has 0 spiro atoms. The Bertz CT molecular complexity index is 1150. The third-order valence-corrected chi connectivity index (χ3v) is 4.80. The zero-order valence-corrected chi connectivity index (χ0v) is 14.9. The van der Waals surface area contributed by atoms with Crippen molar-refractivity contribution in [3.63, 3.8) is 0 Å². The van der Waals surface area contributed by atoms with Crippen LogP contribution in [0.15, 0.2) is 79.1 Å². The van der Waals surface area contributed by atoms with Crippen LogP contribution in [0.1, 0.15) is 23.0 Å². The molecule has 1 aliphatic heterocycles. The quantitative estimate of drug-likeness (QED) is 0.514. The number of amides is 2. The number of carbonyl (C=O) groups is 1. The third kappa shape index (κ3) is 2.81. The van der Waals surface area contributed by atoms with E-state index in [1.165, 1.54) is 0 Å². The minimum atomic E-state index is -0.377. The molecule has 0 unspecified atom stereocenters. The molecule has 136 valence electrons. The number of carbonyl (C=O) groups excluding carboxylic acids is 1. The molecule has 4 aromatic rings. The van der Waals surface area contributed by atoms with Gasteiger partial charge in [-0.2, -0.15) is 0 Å². The molecule has 2 aromatic carbocycles. The molecule has 0 saturated carbocycles. The third-order valence-electron chi connectivity index (χ3n) is 4.80. The number of para-hydroxylation sites is 2. The zero-order chi connectivity index (χ0) is 18.9. The Kier molecular flexibility index (Phi) is 3.87. The first kappa shape index (κ1) is 16.3. The molecule has 6 heteroatoms. The number of benzene rings is 2. The van der Waals surface area contributed by atoms with Gasteiger partial charge in [0.2, 0.25) is 0 Å². The molecule has 28 heavy (non-hydrogen) atoms. The summed E-state index contributed by atoms with van der Waals surface area (Å²) in [6.45, 7) is 0. The Morgan fingerprint density at radius 3 is 2.50 bits per heavy atom. The lowest BCUT2D eigenvalue weighted by Crippen LogP contribution is -2.43. The Hall–Kier alpha value is -3.93. The lowest BCUT2D eigenvalue weighted by atomic mass is 9.93. The van der Waals surface area contributed by atoms with Crippen molar-refractivity contribution in [2.24, 2.45) is 0 Å². The lowest BCUT2D eigenvalue weighted by molar-refractivity contribution is 0.242. The first-order chi connectivity index (χ1) is 13.8. The number of imidazole rings is 1. The number of rotatable bonds is 3. The fraction of sp³-hybridized carbons (Fsp3) is 0.0455. The van der Waals surface area contributed by atoms with Gasteiger partial charge in [-0.05, 0) is 29.3 Å². The standard InChI is InChI=1S/C22H17N5O/c28-22-26-19(14-7-2-1-3-8-14)18(20(27-22)15-9-6-12-23-13-15)21-24-16-10-4-5-11-17(16)25-21/h1-13,20H,(H,24,25)(H2,26,27,28)/t20-/m0/s1. The molecular formula is C22H17N5O. The summed E-state index contributed by atoms with van der Waals surface area (Å²) in [5.41, 5.74) is 5.23. The Morgan fingerprint density at radius 1 is 0.893 bits per heavy atom. The van der Waals surface area contributed by atoms with E-state index in [2.05, 4.69) is 20.6 Å². The summed E-state index contributed by atoms with van der Waals surface area (Å²) >= 11 is 0.